The number of esters is 1. The molecule has 0 amide bonds. The second-order valence-electron chi connectivity index (χ2n) is 7.35. The largest absolute Gasteiger partial charge is 0.453 e. The Labute approximate surface area is 171 Å². The van der Waals surface area contributed by atoms with E-state index >= 15 is 0 Å². The lowest BCUT2D eigenvalue weighted by Gasteiger charge is -2.16. The highest BCUT2D eigenvalue weighted by molar-refractivity contribution is 6.02. The van der Waals surface area contributed by atoms with Crippen LogP contribution in [0.1, 0.15) is 39.9 Å². The van der Waals surface area contributed by atoms with Gasteiger partial charge in [0.05, 0.1) is 0 Å². The zero-order chi connectivity index (χ0) is 20.8. The monoisotopic (exact) mass is 388 g/mol. The number of hydrogen-bond acceptors (Lipinski definition) is 5. The summed E-state index contributed by atoms with van der Waals surface area (Å²) in [6.07, 6.45) is 5.80. The highest BCUT2D eigenvalue weighted by Crippen LogP contribution is 2.22. The Morgan fingerprint density at radius 1 is 1.07 bits per heavy atom. The standard InChI is InChI=1S/C24H24N2O3/c1-26(2)22-11-7-17(8-12-22)13-21(15-25)24(28)29-16-23(27)20-10-9-18-5-3-4-6-19(18)14-20/h7-14H,3-6,16H2,1-2H3/b21-13+. The van der Waals surface area contributed by atoms with Crippen LogP contribution in [0.25, 0.3) is 6.08 Å². The molecule has 0 unspecified atom stereocenters. The summed E-state index contributed by atoms with van der Waals surface area (Å²) in [5.41, 5.74) is 4.62. The van der Waals surface area contributed by atoms with Crippen molar-refractivity contribution in [2.24, 2.45) is 0 Å². The highest BCUT2D eigenvalue weighted by Gasteiger charge is 2.16. The van der Waals surface area contributed by atoms with Gasteiger partial charge in [0.25, 0.3) is 0 Å². The molecule has 5 heteroatoms. The third-order valence-corrected chi connectivity index (χ3v) is 5.07. The second kappa shape index (κ2) is 9.20. The van der Waals surface area contributed by atoms with Gasteiger partial charge in [-0.3, -0.25) is 4.79 Å². The summed E-state index contributed by atoms with van der Waals surface area (Å²) in [7, 11) is 3.87. The number of benzene rings is 2. The van der Waals surface area contributed by atoms with E-state index in [2.05, 4.69) is 0 Å². The quantitative estimate of drug-likeness (QED) is 0.324. The van der Waals surface area contributed by atoms with Crippen molar-refractivity contribution < 1.29 is 14.3 Å². The number of fused-ring (bicyclic) bond motifs is 1. The molecule has 2 aromatic rings. The number of ether oxygens (including phenoxy) is 1. The minimum atomic E-state index is -0.796. The number of ketones is 1. The smallest absolute Gasteiger partial charge is 0.349 e. The third-order valence-electron chi connectivity index (χ3n) is 5.07. The lowest BCUT2D eigenvalue weighted by atomic mass is 9.90. The lowest BCUT2D eigenvalue weighted by Crippen LogP contribution is -2.16. The van der Waals surface area contributed by atoms with Crippen LogP contribution in [0.4, 0.5) is 5.69 Å². The number of anilines is 1. The summed E-state index contributed by atoms with van der Waals surface area (Å²) in [5.74, 6) is -1.06. The van der Waals surface area contributed by atoms with E-state index in [1.165, 1.54) is 23.6 Å². The molecule has 148 valence electrons. The third kappa shape index (κ3) is 5.11. The Morgan fingerprint density at radius 2 is 1.76 bits per heavy atom. The molecule has 0 radical (unpaired) electrons. The summed E-state index contributed by atoms with van der Waals surface area (Å²) < 4.78 is 5.10. The van der Waals surface area contributed by atoms with E-state index < -0.39 is 5.97 Å². The molecule has 0 saturated heterocycles. The number of carbonyl (C=O) groups excluding carboxylic acids is 2. The number of nitrogens with zero attached hydrogens (tertiary/aromatic N) is 2. The van der Waals surface area contributed by atoms with Crippen molar-refractivity contribution in [1.29, 1.82) is 5.26 Å². The number of Topliss-reactive ketones (excluding diaryl/α,β-unsaturated/α-hetero) is 1. The molecule has 0 N–H and O–H groups in total. The number of carbonyl (C=O) groups is 2. The zero-order valence-electron chi connectivity index (χ0n) is 16.8. The maximum absolute atomic E-state index is 12.4. The Morgan fingerprint density at radius 3 is 2.41 bits per heavy atom. The van der Waals surface area contributed by atoms with Gasteiger partial charge < -0.3 is 9.64 Å². The minimum absolute atomic E-state index is 0.138. The van der Waals surface area contributed by atoms with Crippen molar-refractivity contribution in [3.63, 3.8) is 0 Å². The molecule has 1 aliphatic rings. The normalized spacial score (nSPS) is 13.2. The molecular weight excluding hydrogens is 364 g/mol. The number of nitriles is 1. The first-order valence-corrected chi connectivity index (χ1v) is 9.69. The van der Waals surface area contributed by atoms with Gasteiger partial charge in [0.1, 0.15) is 11.6 Å². The van der Waals surface area contributed by atoms with Crippen molar-refractivity contribution in [3.8, 4) is 6.07 Å². The first-order chi connectivity index (χ1) is 14.0. The predicted octanol–water partition coefficient (Wildman–Crippen LogP) is 3.96. The number of aryl methyl sites for hydroxylation is 2. The summed E-state index contributed by atoms with van der Waals surface area (Å²) in [5, 5.41) is 9.30. The van der Waals surface area contributed by atoms with Crippen LogP contribution >= 0.6 is 0 Å². The van der Waals surface area contributed by atoms with E-state index in [9.17, 15) is 14.9 Å². The van der Waals surface area contributed by atoms with E-state index in [0.29, 0.717) is 11.1 Å². The molecule has 3 rings (SSSR count). The highest BCUT2D eigenvalue weighted by atomic mass is 16.5. The van der Waals surface area contributed by atoms with Crippen LogP contribution in [0.15, 0.2) is 48.0 Å². The van der Waals surface area contributed by atoms with Crippen LogP contribution in [-0.4, -0.2) is 32.5 Å². The fraction of sp³-hybridized carbons (Fsp3) is 0.292. The predicted molar refractivity (Wildman–Crippen MR) is 113 cm³/mol. The van der Waals surface area contributed by atoms with Crippen LogP contribution in [0.5, 0.6) is 0 Å². The van der Waals surface area contributed by atoms with Crippen LogP contribution in [0.2, 0.25) is 0 Å². The van der Waals surface area contributed by atoms with Crippen molar-refractivity contribution >= 4 is 23.5 Å². The summed E-state index contributed by atoms with van der Waals surface area (Å²) >= 11 is 0. The average molecular weight is 388 g/mol. The number of hydrogen-bond donors (Lipinski definition) is 0. The van der Waals surface area contributed by atoms with Gasteiger partial charge >= 0.3 is 5.97 Å². The van der Waals surface area contributed by atoms with Gasteiger partial charge in [0, 0.05) is 25.3 Å². The van der Waals surface area contributed by atoms with Crippen molar-refractivity contribution in [1.82, 2.24) is 0 Å². The molecule has 0 fully saturated rings. The van der Waals surface area contributed by atoms with Gasteiger partial charge in [-0.15, -0.1) is 0 Å². The maximum atomic E-state index is 12.4. The summed E-state index contributed by atoms with van der Waals surface area (Å²) in [4.78, 5) is 26.6. The first kappa shape index (κ1) is 20.3. The van der Waals surface area contributed by atoms with Crippen LogP contribution in [0, 0.1) is 11.3 Å². The molecule has 0 aliphatic heterocycles. The topological polar surface area (TPSA) is 70.4 Å². The molecule has 29 heavy (non-hydrogen) atoms. The fourth-order valence-electron chi connectivity index (χ4n) is 3.37. The zero-order valence-corrected chi connectivity index (χ0v) is 16.8. The maximum Gasteiger partial charge on any atom is 0.349 e. The van der Waals surface area contributed by atoms with Crippen LogP contribution < -0.4 is 4.90 Å². The first-order valence-electron chi connectivity index (χ1n) is 9.69. The molecule has 0 atom stereocenters. The van der Waals surface area contributed by atoms with E-state index in [0.717, 1.165) is 24.9 Å². The van der Waals surface area contributed by atoms with E-state index in [1.807, 2.05) is 61.5 Å². The Balaban J connectivity index is 1.64. The van der Waals surface area contributed by atoms with Gasteiger partial charge in [-0.25, -0.2) is 4.79 Å². The molecule has 2 aromatic carbocycles. The number of rotatable bonds is 6. The average Bonchev–Trinajstić information content (AvgIpc) is 2.75. The second-order valence-corrected chi connectivity index (χ2v) is 7.35. The van der Waals surface area contributed by atoms with E-state index in [4.69, 9.17) is 4.74 Å². The Bertz CT molecular complexity index is 982. The molecule has 0 aromatic heterocycles. The van der Waals surface area contributed by atoms with Gasteiger partial charge in [0.2, 0.25) is 0 Å². The Hall–Kier alpha value is -3.39. The van der Waals surface area contributed by atoms with Crippen LogP contribution in [-0.2, 0) is 22.4 Å². The molecule has 5 nitrogen and oxygen atoms in total. The van der Waals surface area contributed by atoms with Gasteiger partial charge in [-0.1, -0.05) is 24.3 Å². The summed E-state index contributed by atoms with van der Waals surface area (Å²) in [6.45, 7) is -0.379. The molecule has 1 aliphatic carbocycles. The minimum Gasteiger partial charge on any atom is -0.453 e. The summed E-state index contributed by atoms with van der Waals surface area (Å²) in [6, 6.07) is 15.0. The van der Waals surface area contributed by atoms with E-state index in [1.54, 1.807) is 6.07 Å². The lowest BCUT2D eigenvalue weighted by molar-refractivity contribution is -0.137. The molecule has 0 spiro atoms. The van der Waals surface area contributed by atoms with Gasteiger partial charge in [-0.05, 0) is 66.6 Å². The molecule has 0 saturated carbocycles. The van der Waals surface area contributed by atoms with Crippen molar-refractivity contribution in [2.45, 2.75) is 25.7 Å². The van der Waals surface area contributed by atoms with Crippen molar-refractivity contribution in [2.75, 3.05) is 25.6 Å². The van der Waals surface area contributed by atoms with E-state index in [-0.39, 0.29) is 18.0 Å². The molecule has 0 bridgehead atoms. The Kier molecular flexibility index (Phi) is 6.46. The fourth-order valence-corrected chi connectivity index (χ4v) is 3.37. The SMILES string of the molecule is CN(C)c1ccc(/C=C(\C#N)C(=O)OCC(=O)c2ccc3c(c2)CCCC3)cc1. The van der Waals surface area contributed by atoms with Crippen LogP contribution in [0.3, 0.4) is 0 Å². The van der Waals surface area contributed by atoms with Gasteiger partial charge in [0.15, 0.2) is 12.4 Å². The molecular formula is C24H24N2O3. The van der Waals surface area contributed by atoms with Crippen molar-refractivity contribution in [3.05, 3.63) is 70.3 Å². The van der Waals surface area contributed by atoms with Gasteiger partial charge in [-0.2, -0.15) is 5.26 Å². The molecule has 0 heterocycles.